The van der Waals surface area contributed by atoms with Crippen LogP contribution in [-0.2, 0) is 10.3 Å². The van der Waals surface area contributed by atoms with E-state index in [4.69, 9.17) is 4.74 Å². The van der Waals surface area contributed by atoms with Crippen LogP contribution < -0.4 is 0 Å². The number of carbonyl (C=O) groups excluding carboxylic acids is 1. The van der Waals surface area contributed by atoms with Crippen LogP contribution in [0.2, 0.25) is 0 Å². The largest absolute Gasteiger partial charge is 0.478 e. The Labute approximate surface area is 163 Å². The Morgan fingerprint density at radius 2 is 1.25 bits per heavy atom. The summed E-state index contributed by atoms with van der Waals surface area (Å²) in [5.41, 5.74) is 0.361. The topological polar surface area (TPSA) is 63.6 Å². The highest BCUT2D eigenvalue weighted by molar-refractivity contribution is 6.14. The highest BCUT2D eigenvalue weighted by atomic mass is 16.5. The Morgan fingerprint density at radius 3 is 1.71 bits per heavy atom. The maximum absolute atomic E-state index is 12.7. The van der Waals surface area contributed by atoms with Gasteiger partial charge in [0.15, 0.2) is 5.60 Å². The summed E-state index contributed by atoms with van der Waals surface area (Å²) in [4.78, 5) is 24.1. The molecular formula is C24H18O4. The number of ether oxygens (including phenoxy) is 1. The lowest BCUT2D eigenvalue weighted by molar-refractivity contribution is 0.0693. The molecule has 0 bridgehead atoms. The van der Waals surface area contributed by atoms with E-state index < -0.39 is 17.4 Å². The van der Waals surface area contributed by atoms with Crippen LogP contribution in [-0.4, -0.2) is 24.0 Å². The van der Waals surface area contributed by atoms with E-state index in [-0.39, 0.29) is 11.1 Å². The minimum Gasteiger partial charge on any atom is -0.478 e. The van der Waals surface area contributed by atoms with Crippen molar-refractivity contribution < 1.29 is 19.4 Å². The monoisotopic (exact) mass is 370 g/mol. The first-order chi connectivity index (χ1) is 13.6. The molecule has 4 nitrogen and oxygen atoms in total. The van der Waals surface area contributed by atoms with Crippen LogP contribution in [0.3, 0.4) is 0 Å². The van der Waals surface area contributed by atoms with Crippen molar-refractivity contribution in [3.8, 4) is 11.8 Å². The summed E-state index contributed by atoms with van der Waals surface area (Å²) < 4.78 is 5.83. The summed E-state index contributed by atoms with van der Waals surface area (Å²) in [5.74, 6) is 3.82. The molecule has 0 saturated carbocycles. The van der Waals surface area contributed by atoms with Crippen LogP contribution in [0, 0.1) is 11.8 Å². The molecular weight excluding hydrogens is 352 g/mol. The van der Waals surface area contributed by atoms with Crippen molar-refractivity contribution in [1.82, 2.24) is 0 Å². The lowest BCUT2D eigenvalue weighted by Gasteiger charge is -2.28. The Bertz CT molecular complexity index is 1000. The molecule has 138 valence electrons. The van der Waals surface area contributed by atoms with Gasteiger partial charge in [-0.15, -0.1) is 0 Å². The van der Waals surface area contributed by atoms with E-state index in [9.17, 15) is 14.7 Å². The summed E-state index contributed by atoms with van der Waals surface area (Å²) in [6.45, 7) is 0. The van der Waals surface area contributed by atoms with Gasteiger partial charge >= 0.3 is 5.97 Å². The first kappa shape index (κ1) is 19.1. The molecule has 28 heavy (non-hydrogen) atoms. The predicted octanol–water partition coefficient (Wildman–Crippen LogP) is 4.16. The fraction of sp³-hybridized carbons (Fsp3) is 0.0833. The van der Waals surface area contributed by atoms with Gasteiger partial charge in [-0.25, -0.2) is 4.79 Å². The minimum atomic E-state index is -1.17. The first-order valence-corrected chi connectivity index (χ1v) is 8.64. The van der Waals surface area contributed by atoms with Crippen LogP contribution in [0.5, 0.6) is 0 Å². The molecule has 3 aromatic rings. The Morgan fingerprint density at radius 1 is 0.786 bits per heavy atom. The summed E-state index contributed by atoms with van der Waals surface area (Å²) in [6, 6.07) is 24.8. The fourth-order valence-corrected chi connectivity index (χ4v) is 3.02. The van der Waals surface area contributed by atoms with Gasteiger partial charge < -0.3 is 9.84 Å². The molecule has 0 aliphatic carbocycles. The van der Waals surface area contributed by atoms with Crippen molar-refractivity contribution in [1.29, 1.82) is 0 Å². The van der Waals surface area contributed by atoms with Crippen LogP contribution in [0.4, 0.5) is 0 Å². The number of Topliss-reactive ketones (excluding diaryl/α,β-unsaturated/α-hetero) is 1. The average Bonchev–Trinajstić information content (AvgIpc) is 2.76. The average molecular weight is 370 g/mol. The van der Waals surface area contributed by atoms with Crippen LogP contribution >= 0.6 is 0 Å². The number of aromatic carboxylic acids is 1. The number of benzene rings is 3. The van der Waals surface area contributed by atoms with Crippen molar-refractivity contribution in [3.05, 3.63) is 107 Å². The molecule has 0 aliphatic heterocycles. The third-order valence-corrected chi connectivity index (χ3v) is 4.42. The molecule has 1 N–H and O–H groups in total. The zero-order valence-electron chi connectivity index (χ0n) is 15.3. The van der Waals surface area contributed by atoms with Crippen LogP contribution in [0.25, 0.3) is 0 Å². The second kappa shape index (κ2) is 8.34. The maximum Gasteiger partial charge on any atom is 0.336 e. The molecule has 0 amide bonds. The van der Waals surface area contributed by atoms with Gasteiger partial charge in [0.1, 0.15) is 0 Å². The Kier molecular flexibility index (Phi) is 5.69. The van der Waals surface area contributed by atoms with E-state index in [1.807, 2.05) is 60.7 Å². The fourth-order valence-electron chi connectivity index (χ4n) is 3.02. The number of carboxylic acid groups (broad SMARTS) is 1. The minimum absolute atomic E-state index is 0.0497. The third-order valence-electron chi connectivity index (χ3n) is 4.42. The zero-order chi connectivity index (χ0) is 20.0. The second-order valence-corrected chi connectivity index (χ2v) is 6.05. The second-order valence-electron chi connectivity index (χ2n) is 6.05. The number of hydrogen-bond acceptors (Lipinski definition) is 3. The third kappa shape index (κ3) is 3.71. The van der Waals surface area contributed by atoms with Gasteiger partial charge in [-0.1, -0.05) is 72.8 Å². The SMILES string of the molecule is COC(C#CC(=O)c1ccccc1C(=O)O)(c1ccccc1)c1ccccc1. The van der Waals surface area contributed by atoms with Gasteiger partial charge in [-0.3, -0.25) is 4.79 Å². The first-order valence-electron chi connectivity index (χ1n) is 8.64. The van der Waals surface area contributed by atoms with Gasteiger partial charge in [0, 0.05) is 23.8 Å². The van der Waals surface area contributed by atoms with Crippen molar-refractivity contribution in [2.75, 3.05) is 7.11 Å². The van der Waals surface area contributed by atoms with Gasteiger partial charge in [0.25, 0.3) is 0 Å². The molecule has 0 heterocycles. The maximum atomic E-state index is 12.7. The predicted molar refractivity (Wildman–Crippen MR) is 106 cm³/mol. The molecule has 3 rings (SSSR count). The van der Waals surface area contributed by atoms with Gasteiger partial charge in [0.2, 0.25) is 5.78 Å². The lowest BCUT2D eigenvalue weighted by atomic mass is 9.86. The lowest BCUT2D eigenvalue weighted by Crippen LogP contribution is -2.28. The summed E-state index contributed by atoms with van der Waals surface area (Å²) in [6.07, 6.45) is 0. The van der Waals surface area contributed by atoms with Crippen molar-refractivity contribution in [3.63, 3.8) is 0 Å². The molecule has 3 aromatic carbocycles. The van der Waals surface area contributed by atoms with E-state index in [1.54, 1.807) is 12.1 Å². The molecule has 0 aromatic heterocycles. The molecule has 0 aliphatic rings. The number of carboxylic acids is 1. The summed E-state index contributed by atoms with van der Waals surface area (Å²) in [7, 11) is 1.53. The molecule has 0 fully saturated rings. The van der Waals surface area contributed by atoms with Crippen molar-refractivity contribution in [2.24, 2.45) is 0 Å². The molecule has 0 radical (unpaired) electrons. The van der Waals surface area contributed by atoms with E-state index in [0.29, 0.717) is 0 Å². The smallest absolute Gasteiger partial charge is 0.336 e. The van der Waals surface area contributed by atoms with E-state index in [0.717, 1.165) is 11.1 Å². The molecule has 0 saturated heterocycles. The number of ketones is 1. The van der Waals surface area contributed by atoms with Gasteiger partial charge in [-0.05, 0) is 24.0 Å². The number of methoxy groups -OCH3 is 1. The van der Waals surface area contributed by atoms with Crippen molar-refractivity contribution >= 4 is 11.8 Å². The van der Waals surface area contributed by atoms with E-state index >= 15 is 0 Å². The Hall–Kier alpha value is -3.68. The molecule has 0 atom stereocenters. The number of rotatable bonds is 5. The Balaban J connectivity index is 2.13. The highest BCUT2D eigenvalue weighted by Crippen LogP contribution is 2.32. The molecule has 0 spiro atoms. The molecule has 4 heteroatoms. The summed E-state index contributed by atoms with van der Waals surface area (Å²) >= 11 is 0. The van der Waals surface area contributed by atoms with E-state index in [1.165, 1.54) is 19.2 Å². The zero-order valence-corrected chi connectivity index (χ0v) is 15.3. The highest BCUT2D eigenvalue weighted by Gasteiger charge is 2.32. The quantitative estimate of drug-likeness (QED) is 0.416. The summed E-state index contributed by atoms with van der Waals surface area (Å²) in [5, 5.41) is 9.32. The number of carbonyl (C=O) groups is 2. The van der Waals surface area contributed by atoms with Crippen LogP contribution in [0.1, 0.15) is 31.8 Å². The normalized spacial score (nSPS) is 10.6. The van der Waals surface area contributed by atoms with E-state index in [2.05, 4.69) is 11.8 Å². The van der Waals surface area contributed by atoms with Gasteiger partial charge in [0.05, 0.1) is 5.56 Å². The standard InChI is InChI=1S/C24H18O4/c1-28-24(18-10-4-2-5-11-18,19-12-6-3-7-13-19)17-16-22(25)20-14-8-9-15-21(20)23(26)27/h2-15H,1H3,(H,26,27). The van der Waals surface area contributed by atoms with Gasteiger partial charge in [-0.2, -0.15) is 0 Å². The number of hydrogen-bond donors (Lipinski definition) is 1. The van der Waals surface area contributed by atoms with Crippen LogP contribution in [0.15, 0.2) is 84.9 Å². The molecule has 0 unspecified atom stereocenters. The van der Waals surface area contributed by atoms with Crippen molar-refractivity contribution in [2.45, 2.75) is 5.60 Å².